The maximum absolute atomic E-state index is 12.2. The van der Waals surface area contributed by atoms with Crippen LogP contribution in [0.5, 0.6) is 0 Å². The molecule has 1 aromatic rings. The van der Waals surface area contributed by atoms with Gasteiger partial charge in [0.25, 0.3) is 0 Å². The third-order valence-electron chi connectivity index (χ3n) is 2.93. The van der Waals surface area contributed by atoms with Crippen molar-refractivity contribution < 1.29 is 14.5 Å². The first kappa shape index (κ1) is 13.4. The number of nitrogens with zero attached hydrogens (tertiary/aromatic N) is 5. The van der Waals surface area contributed by atoms with Gasteiger partial charge in [0.2, 0.25) is 12.2 Å². The molecule has 104 valence electrons. The molecule has 0 saturated carbocycles. The smallest absolute Gasteiger partial charge is 0.390 e. The molecule has 0 radical (unpaired) electrons. The fourth-order valence-electron chi connectivity index (χ4n) is 1.99. The minimum absolute atomic E-state index is 0.0652. The van der Waals surface area contributed by atoms with Gasteiger partial charge < -0.3 is 19.8 Å². The predicted molar refractivity (Wildman–Crippen MR) is 63.3 cm³/mol. The molecule has 0 atom stereocenters. The van der Waals surface area contributed by atoms with E-state index in [9.17, 15) is 14.9 Å². The number of morpholine rings is 1. The van der Waals surface area contributed by atoms with Crippen molar-refractivity contribution in [2.75, 3.05) is 19.8 Å². The molecule has 1 saturated heterocycles. The van der Waals surface area contributed by atoms with Crippen LogP contribution in [0.25, 0.3) is 0 Å². The van der Waals surface area contributed by atoms with E-state index in [0.717, 1.165) is 0 Å². The van der Waals surface area contributed by atoms with Gasteiger partial charge in [0.1, 0.15) is 6.54 Å². The molecule has 0 bridgehead atoms. The summed E-state index contributed by atoms with van der Waals surface area (Å²) in [6.07, 6.45) is 1.18. The Labute approximate surface area is 109 Å². The molecule has 0 unspecified atom stereocenters. The largest absolute Gasteiger partial charge is 0.490 e. The zero-order valence-electron chi connectivity index (χ0n) is 10.8. The van der Waals surface area contributed by atoms with E-state index in [1.165, 1.54) is 11.0 Å². The van der Waals surface area contributed by atoms with E-state index in [-0.39, 0.29) is 18.0 Å². The Hall–Kier alpha value is -2.03. The molecule has 9 heteroatoms. The number of aromatic nitrogens is 3. The van der Waals surface area contributed by atoms with Crippen LogP contribution in [0.3, 0.4) is 0 Å². The summed E-state index contributed by atoms with van der Waals surface area (Å²) >= 11 is 0. The standard InChI is InChI=1S/C10H15N5O4/c1-10(2)6-19-4-3-14(10)8(16)5-13-7-11-9(12-13)15(17)18/h7H,3-6H2,1-2H3. The molecule has 0 aliphatic carbocycles. The second-order valence-corrected chi connectivity index (χ2v) is 4.91. The molecule has 1 aliphatic heterocycles. The van der Waals surface area contributed by atoms with E-state index < -0.39 is 10.9 Å². The molecular weight excluding hydrogens is 254 g/mol. The molecule has 0 spiro atoms. The maximum atomic E-state index is 12.2. The van der Waals surface area contributed by atoms with Crippen molar-refractivity contribution in [3.63, 3.8) is 0 Å². The highest BCUT2D eigenvalue weighted by Crippen LogP contribution is 2.19. The highest BCUT2D eigenvalue weighted by Gasteiger charge is 2.34. The number of hydrogen-bond donors (Lipinski definition) is 0. The quantitative estimate of drug-likeness (QED) is 0.557. The minimum Gasteiger partial charge on any atom is -0.390 e. The van der Waals surface area contributed by atoms with Crippen LogP contribution >= 0.6 is 0 Å². The van der Waals surface area contributed by atoms with E-state index in [4.69, 9.17) is 4.74 Å². The number of rotatable bonds is 3. The number of nitro groups is 1. The van der Waals surface area contributed by atoms with Gasteiger partial charge in [-0.05, 0) is 18.8 Å². The van der Waals surface area contributed by atoms with E-state index in [2.05, 4.69) is 10.1 Å². The van der Waals surface area contributed by atoms with Crippen molar-refractivity contribution in [1.29, 1.82) is 0 Å². The van der Waals surface area contributed by atoms with Gasteiger partial charge in [-0.2, -0.15) is 4.68 Å². The molecule has 9 nitrogen and oxygen atoms in total. The Kier molecular flexibility index (Phi) is 3.47. The lowest BCUT2D eigenvalue weighted by molar-refractivity contribution is -0.394. The monoisotopic (exact) mass is 269 g/mol. The molecule has 1 fully saturated rings. The summed E-state index contributed by atoms with van der Waals surface area (Å²) in [5.41, 5.74) is -0.387. The molecule has 0 aromatic carbocycles. The first-order chi connectivity index (χ1) is 8.90. The normalized spacial score (nSPS) is 18.3. The Balaban J connectivity index is 2.05. The molecule has 0 N–H and O–H groups in total. The third kappa shape index (κ3) is 2.87. The van der Waals surface area contributed by atoms with Crippen molar-refractivity contribution in [3.8, 4) is 0 Å². The molecule has 2 heterocycles. The summed E-state index contributed by atoms with van der Waals surface area (Å²) in [7, 11) is 0. The van der Waals surface area contributed by atoms with Gasteiger partial charge in [-0.25, -0.2) is 0 Å². The molecule has 2 rings (SSSR count). The Morgan fingerprint density at radius 1 is 1.63 bits per heavy atom. The number of amides is 1. The van der Waals surface area contributed by atoms with Crippen molar-refractivity contribution in [1.82, 2.24) is 19.7 Å². The Bertz CT molecular complexity index is 498. The zero-order valence-corrected chi connectivity index (χ0v) is 10.8. The molecule has 1 aliphatic rings. The molecule has 19 heavy (non-hydrogen) atoms. The van der Waals surface area contributed by atoms with Crippen molar-refractivity contribution in [2.45, 2.75) is 25.9 Å². The van der Waals surface area contributed by atoms with Crippen molar-refractivity contribution in [3.05, 3.63) is 16.4 Å². The third-order valence-corrected chi connectivity index (χ3v) is 2.93. The topological polar surface area (TPSA) is 103 Å². The van der Waals surface area contributed by atoms with Gasteiger partial charge in [0, 0.05) is 11.6 Å². The fraction of sp³-hybridized carbons (Fsp3) is 0.700. The van der Waals surface area contributed by atoms with Crippen LogP contribution in [0.15, 0.2) is 6.33 Å². The van der Waals surface area contributed by atoms with Crippen LogP contribution in [-0.2, 0) is 16.1 Å². The first-order valence-electron chi connectivity index (χ1n) is 5.82. The van der Waals surface area contributed by atoms with Crippen LogP contribution in [0, 0.1) is 10.1 Å². The van der Waals surface area contributed by atoms with Crippen LogP contribution in [0.1, 0.15) is 13.8 Å². The number of hydrogen-bond acceptors (Lipinski definition) is 6. The van der Waals surface area contributed by atoms with Crippen LogP contribution < -0.4 is 0 Å². The summed E-state index contributed by atoms with van der Waals surface area (Å²) in [6, 6.07) is 0. The second kappa shape index (κ2) is 4.92. The number of carbonyl (C=O) groups excluding carboxylic acids is 1. The molecular formula is C10H15N5O4. The highest BCUT2D eigenvalue weighted by atomic mass is 16.6. The van der Waals surface area contributed by atoms with Crippen LogP contribution in [0.2, 0.25) is 0 Å². The lowest BCUT2D eigenvalue weighted by atomic mass is 10.0. The summed E-state index contributed by atoms with van der Waals surface area (Å²) in [5.74, 6) is -0.665. The van der Waals surface area contributed by atoms with Gasteiger partial charge in [-0.1, -0.05) is 4.98 Å². The van der Waals surface area contributed by atoms with E-state index >= 15 is 0 Å². The van der Waals surface area contributed by atoms with E-state index in [0.29, 0.717) is 19.8 Å². The van der Waals surface area contributed by atoms with Gasteiger partial charge in [0.05, 0.1) is 18.8 Å². The summed E-state index contributed by atoms with van der Waals surface area (Å²) in [4.78, 5) is 27.1. The van der Waals surface area contributed by atoms with Gasteiger partial charge in [-0.3, -0.25) is 4.79 Å². The summed E-state index contributed by atoms with van der Waals surface area (Å²) in [5, 5.41) is 14.1. The first-order valence-corrected chi connectivity index (χ1v) is 5.82. The minimum atomic E-state index is -0.695. The van der Waals surface area contributed by atoms with Crippen molar-refractivity contribution in [2.24, 2.45) is 0 Å². The second-order valence-electron chi connectivity index (χ2n) is 4.91. The maximum Gasteiger partial charge on any atom is 0.490 e. The van der Waals surface area contributed by atoms with Crippen LogP contribution in [-0.4, -0.2) is 55.8 Å². The lowest BCUT2D eigenvalue weighted by Gasteiger charge is -2.41. The van der Waals surface area contributed by atoms with E-state index in [1.807, 2.05) is 13.8 Å². The zero-order chi connectivity index (χ0) is 14.0. The van der Waals surface area contributed by atoms with Crippen molar-refractivity contribution >= 4 is 11.9 Å². The molecule has 1 aromatic heterocycles. The van der Waals surface area contributed by atoms with Crippen LogP contribution in [0.4, 0.5) is 5.95 Å². The average Bonchev–Trinajstić information content (AvgIpc) is 2.76. The average molecular weight is 269 g/mol. The van der Waals surface area contributed by atoms with Gasteiger partial charge in [0.15, 0.2) is 0 Å². The number of ether oxygens (including phenoxy) is 1. The lowest BCUT2D eigenvalue weighted by Crippen LogP contribution is -2.56. The number of carbonyl (C=O) groups is 1. The van der Waals surface area contributed by atoms with Gasteiger partial charge >= 0.3 is 5.95 Å². The van der Waals surface area contributed by atoms with E-state index in [1.54, 1.807) is 4.90 Å². The molecule has 1 amide bonds. The predicted octanol–water partition coefficient (Wildman–Crippen LogP) is -0.176. The summed E-state index contributed by atoms with van der Waals surface area (Å²) in [6.45, 7) is 5.22. The fourth-order valence-corrected chi connectivity index (χ4v) is 1.99. The highest BCUT2D eigenvalue weighted by molar-refractivity contribution is 5.76. The Morgan fingerprint density at radius 3 is 2.95 bits per heavy atom. The summed E-state index contributed by atoms with van der Waals surface area (Å²) < 4.78 is 6.51. The van der Waals surface area contributed by atoms with Gasteiger partial charge in [-0.15, -0.1) is 0 Å². The SMILES string of the molecule is CC1(C)COCCN1C(=O)Cn1cnc([N+](=O)[O-])n1. The Morgan fingerprint density at radius 2 is 2.37 bits per heavy atom.